The van der Waals surface area contributed by atoms with E-state index in [2.05, 4.69) is 17.1 Å². The quantitative estimate of drug-likeness (QED) is 0.639. The Kier molecular flexibility index (Phi) is 5.35. The molecular formula is C23H25N3O4. The van der Waals surface area contributed by atoms with Crippen LogP contribution >= 0.6 is 0 Å². The average molecular weight is 407 g/mol. The molecule has 0 spiro atoms. The largest absolute Gasteiger partial charge is 0.497 e. The first-order valence-corrected chi connectivity index (χ1v) is 9.88. The van der Waals surface area contributed by atoms with Crippen LogP contribution in [-0.2, 0) is 0 Å². The van der Waals surface area contributed by atoms with Crippen molar-refractivity contribution in [2.45, 2.75) is 19.4 Å². The van der Waals surface area contributed by atoms with Crippen molar-refractivity contribution < 1.29 is 19.0 Å². The number of hydrogen-bond acceptors (Lipinski definition) is 5. The maximum absolute atomic E-state index is 13.2. The maximum atomic E-state index is 13.2. The zero-order valence-electron chi connectivity index (χ0n) is 17.6. The predicted molar refractivity (Wildman–Crippen MR) is 113 cm³/mol. The number of nitrogens with zero attached hydrogens (tertiary/aromatic N) is 2. The predicted octanol–water partition coefficient (Wildman–Crippen LogP) is 4.06. The number of carbonyl (C=O) groups excluding carboxylic acids is 1. The summed E-state index contributed by atoms with van der Waals surface area (Å²) in [6, 6.07) is 13.1. The number of rotatable bonds is 7. The highest BCUT2D eigenvalue weighted by atomic mass is 16.5. The van der Waals surface area contributed by atoms with Gasteiger partial charge in [0.05, 0.1) is 33.1 Å². The smallest absolute Gasteiger partial charge is 0.273 e. The Morgan fingerprint density at radius 3 is 2.50 bits per heavy atom. The van der Waals surface area contributed by atoms with Gasteiger partial charge in [0.25, 0.3) is 5.91 Å². The van der Waals surface area contributed by atoms with Gasteiger partial charge in [-0.2, -0.15) is 5.10 Å². The minimum absolute atomic E-state index is 0.0589. The average Bonchev–Trinajstić information content (AvgIpc) is 3.33. The van der Waals surface area contributed by atoms with E-state index in [0.717, 1.165) is 34.6 Å². The lowest BCUT2D eigenvalue weighted by atomic mass is 9.95. The molecule has 0 saturated carbocycles. The second-order valence-corrected chi connectivity index (χ2v) is 7.10. The number of amides is 1. The SMILES string of the molecule is CCCN1C(=O)c2[nH]nc(-c3cccc(OC)c3)c2[C@H]1c1ccc(OC)cc1OC. The number of aromatic amines is 1. The number of nitrogens with one attached hydrogen (secondary N) is 1. The van der Waals surface area contributed by atoms with Crippen LogP contribution in [0.3, 0.4) is 0 Å². The van der Waals surface area contributed by atoms with Crippen molar-refractivity contribution >= 4 is 5.91 Å². The monoisotopic (exact) mass is 407 g/mol. The summed E-state index contributed by atoms with van der Waals surface area (Å²) < 4.78 is 16.4. The molecule has 0 saturated heterocycles. The molecule has 156 valence electrons. The summed E-state index contributed by atoms with van der Waals surface area (Å²) in [6.07, 6.45) is 0.840. The van der Waals surface area contributed by atoms with Crippen LogP contribution in [0.1, 0.15) is 41.0 Å². The van der Waals surface area contributed by atoms with Gasteiger partial charge in [-0.25, -0.2) is 0 Å². The minimum Gasteiger partial charge on any atom is -0.497 e. The fourth-order valence-corrected chi connectivity index (χ4v) is 4.03. The van der Waals surface area contributed by atoms with Crippen LogP contribution < -0.4 is 14.2 Å². The van der Waals surface area contributed by atoms with Crippen LogP contribution in [0, 0.1) is 0 Å². The van der Waals surface area contributed by atoms with Gasteiger partial charge in [0.2, 0.25) is 0 Å². The van der Waals surface area contributed by atoms with Crippen LogP contribution in [0.15, 0.2) is 42.5 Å². The Bertz CT molecular complexity index is 1080. The number of hydrogen-bond donors (Lipinski definition) is 1. The number of ether oxygens (including phenoxy) is 3. The van der Waals surface area contributed by atoms with E-state index in [4.69, 9.17) is 14.2 Å². The minimum atomic E-state index is -0.312. The fourth-order valence-electron chi connectivity index (χ4n) is 4.03. The van der Waals surface area contributed by atoms with Gasteiger partial charge in [0, 0.05) is 29.3 Å². The van der Waals surface area contributed by atoms with Crippen LogP contribution in [-0.4, -0.2) is 48.9 Å². The number of benzene rings is 2. The number of methoxy groups -OCH3 is 3. The maximum Gasteiger partial charge on any atom is 0.273 e. The number of aromatic nitrogens is 2. The summed E-state index contributed by atoms with van der Waals surface area (Å²) in [7, 11) is 4.87. The van der Waals surface area contributed by atoms with Crippen molar-refractivity contribution in [2.24, 2.45) is 0 Å². The van der Waals surface area contributed by atoms with E-state index in [0.29, 0.717) is 23.7 Å². The summed E-state index contributed by atoms with van der Waals surface area (Å²) in [5.41, 5.74) is 3.88. The molecule has 2 heterocycles. The van der Waals surface area contributed by atoms with E-state index in [1.54, 1.807) is 21.3 Å². The normalized spacial score (nSPS) is 15.3. The molecule has 0 fully saturated rings. The van der Waals surface area contributed by atoms with Gasteiger partial charge in [-0.15, -0.1) is 0 Å². The molecule has 7 nitrogen and oxygen atoms in total. The summed E-state index contributed by atoms with van der Waals surface area (Å²) >= 11 is 0. The third-order valence-corrected chi connectivity index (χ3v) is 5.41. The first-order valence-electron chi connectivity index (χ1n) is 9.88. The van der Waals surface area contributed by atoms with Gasteiger partial charge >= 0.3 is 0 Å². The molecule has 2 aromatic carbocycles. The molecule has 30 heavy (non-hydrogen) atoms. The zero-order chi connectivity index (χ0) is 21.3. The van der Waals surface area contributed by atoms with Gasteiger partial charge in [0.1, 0.15) is 22.9 Å². The van der Waals surface area contributed by atoms with Crippen LogP contribution in [0.25, 0.3) is 11.3 Å². The summed E-state index contributed by atoms with van der Waals surface area (Å²) in [5.74, 6) is 2.04. The molecule has 1 amide bonds. The topological polar surface area (TPSA) is 76.7 Å². The van der Waals surface area contributed by atoms with E-state index in [1.807, 2.05) is 47.4 Å². The van der Waals surface area contributed by atoms with E-state index < -0.39 is 0 Å². The highest BCUT2D eigenvalue weighted by molar-refractivity contribution is 6.00. The highest BCUT2D eigenvalue weighted by Crippen LogP contribution is 2.46. The van der Waals surface area contributed by atoms with Crippen molar-refractivity contribution in [1.82, 2.24) is 15.1 Å². The lowest BCUT2D eigenvalue weighted by Crippen LogP contribution is -2.30. The van der Waals surface area contributed by atoms with Gasteiger partial charge in [-0.05, 0) is 30.7 Å². The Morgan fingerprint density at radius 1 is 1.03 bits per heavy atom. The summed E-state index contributed by atoms with van der Waals surface area (Å²) in [6.45, 7) is 2.68. The van der Waals surface area contributed by atoms with E-state index in [9.17, 15) is 4.79 Å². The fraction of sp³-hybridized carbons (Fsp3) is 0.304. The molecule has 4 rings (SSSR count). The van der Waals surface area contributed by atoms with Gasteiger partial charge < -0.3 is 19.1 Å². The van der Waals surface area contributed by atoms with Crippen molar-refractivity contribution in [1.29, 1.82) is 0 Å². The van der Waals surface area contributed by atoms with Crippen LogP contribution in [0.5, 0.6) is 17.2 Å². The summed E-state index contributed by atoms with van der Waals surface area (Å²) in [5, 5.41) is 7.47. The Balaban J connectivity index is 1.91. The molecule has 1 aliphatic heterocycles. The molecule has 1 N–H and O–H groups in total. The Hall–Kier alpha value is -3.48. The van der Waals surface area contributed by atoms with Crippen molar-refractivity contribution in [3.63, 3.8) is 0 Å². The Labute approximate surface area is 175 Å². The van der Waals surface area contributed by atoms with Gasteiger partial charge in [-0.1, -0.05) is 19.1 Å². The zero-order valence-corrected chi connectivity index (χ0v) is 17.6. The molecule has 1 aromatic heterocycles. The first-order chi connectivity index (χ1) is 14.6. The van der Waals surface area contributed by atoms with E-state index >= 15 is 0 Å². The lowest BCUT2D eigenvalue weighted by molar-refractivity contribution is 0.0742. The lowest BCUT2D eigenvalue weighted by Gasteiger charge is -2.27. The first kappa shape index (κ1) is 19.8. The third-order valence-electron chi connectivity index (χ3n) is 5.41. The Morgan fingerprint density at radius 2 is 1.80 bits per heavy atom. The van der Waals surface area contributed by atoms with Gasteiger partial charge in [0.15, 0.2) is 0 Å². The van der Waals surface area contributed by atoms with Gasteiger partial charge in [-0.3, -0.25) is 9.89 Å². The number of carbonyl (C=O) groups is 1. The second-order valence-electron chi connectivity index (χ2n) is 7.10. The van der Waals surface area contributed by atoms with Crippen molar-refractivity contribution in [2.75, 3.05) is 27.9 Å². The standard InChI is InChI=1S/C23H25N3O4/c1-5-11-26-22(17-10-9-16(29-3)13-18(17)30-4)19-20(24-25-21(19)23(26)27)14-7-6-8-15(12-14)28-2/h6-10,12-13,22H,5,11H2,1-4H3,(H,24,25)/t22-/m1/s1. The second kappa shape index (κ2) is 8.10. The molecule has 0 radical (unpaired) electrons. The number of fused-ring (bicyclic) bond motifs is 1. The third kappa shape index (κ3) is 3.16. The van der Waals surface area contributed by atoms with Crippen molar-refractivity contribution in [3.05, 3.63) is 59.3 Å². The molecule has 1 aliphatic rings. The van der Waals surface area contributed by atoms with Crippen molar-refractivity contribution in [3.8, 4) is 28.5 Å². The molecule has 7 heteroatoms. The van der Waals surface area contributed by atoms with Crippen LogP contribution in [0.4, 0.5) is 0 Å². The molecule has 0 unspecified atom stereocenters. The summed E-state index contributed by atoms with van der Waals surface area (Å²) in [4.78, 5) is 15.1. The molecular weight excluding hydrogens is 382 g/mol. The van der Waals surface area contributed by atoms with E-state index in [-0.39, 0.29) is 11.9 Å². The van der Waals surface area contributed by atoms with E-state index in [1.165, 1.54) is 0 Å². The van der Waals surface area contributed by atoms with Crippen LogP contribution in [0.2, 0.25) is 0 Å². The molecule has 0 bridgehead atoms. The highest BCUT2D eigenvalue weighted by Gasteiger charge is 2.43. The molecule has 1 atom stereocenters. The number of H-pyrrole nitrogens is 1. The molecule has 3 aromatic rings. The molecule has 0 aliphatic carbocycles.